The van der Waals surface area contributed by atoms with E-state index in [1.807, 2.05) is 7.05 Å². The summed E-state index contributed by atoms with van der Waals surface area (Å²) in [7, 11) is 1.85. The Morgan fingerprint density at radius 3 is 2.67 bits per heavy atom. The average Bonchev–Trinajstić information content (AvgIpc) is 2.62. The molecule has 0 radical (unpaired) electrons. The van der Waals surface area contributed by atoms with Gasteiger partial charge in [-0.2, -0.15) is 0 Å². The first-order valence-electron chi connectivity index (χ1n) is 9.39. The Labute approximate surface area is 147 Å². The first kappa shape index (κ1) is 18.8. The van der Waals surface area contributed by atoms with E-state index in [-0.39, 0.29) is 0 Å². The number of hydrogen-bond acceptors (Lipinski definition) is 2. The Morgan fingerprint density at radius 1 is 1.25 bits per heavy atom. The van der Waals surface area contributed by atoms with E-state index < -0.39 is 0 Å². The number of benzene rings is 1. The summed E-state index contributed by atoms with van der Waals surface area (Å²) in [5.41, 5.74) is 2.76. The summed E-state index contributed by atoms with van der Waals surface area (Å²) in [5, 5.41) is 6.98. The van der Waals surface area contributed by atoms with Crippen molar-refractivity contribution in [1.82, 2.24) is 15.5 Å². The molecule has 0 amide bonds. The number of hydrogen-bond donors (Lipinski definition) is 2. The zero-order valence-electron chi connectivity index (χ0n) is 15.8. The molecule has 1 aromatic carbocycles. The van der Waals surface area contributed by atoms with Gasteiger partial charge < -0.3 is 15.5 Å². The Balaban J connectivity index is 1.80. The summed E-state index contributed by atoms with van der Waals surface area (Å²) in [6.07, 6.45) is 3.68. The highest BCUT2D eigenvalue weighted by Crippen LogP contribution is 2.17. The minimum absolute atomic E-state index is 0.649. The standard InChI is InChI=1S/C20H34N4/c1-5-18-10-6-7-11-19(18)14-23-20(21-4)22-13-17-9-8-12-24(15-17)16(2)3/h6-7,10-11,16-17H,5,8-9,12-15H2,1-4H3,(H2,21,22,23). The van der Waals surface area contributed by atoms with Gasteiger partial charge in [-0.05, 0) is 56.7 Å². The van der Waals surface area contributed by atoms with Gasteiger partial charge >= 0.3 is 0 Å². The van der Waals surface area contributed by atoms with Crippen molar-refractivity contribution in [2.24, 2.45) is 10.9 Å². The van der Waals surface area contributed by atoms with Crippen LogP contribution in [0.3, 0.4) is 0 Å². The molecular weight excluding hydrogens is 296 g/mol. The molecule has 1 aromatic rings. The quantitative estimate of drug-likeness (QED) is 0.622. The van der Waals surface area contributed by atoms with E-state index in [1.165, 1.54) is 37.1 Å². The summed E-state index contributed by atoms with van der Waals surface area (Å²) in [6, 6.07) is 9.26. The van der Waals surface area contributed by atoms with Crippen LogP contribution in [0.2, 0.25) is 0 Å². The van der Waals surface area contributed by atoms with Crippen molar-refractivity contribution in [1.29, 1.82) is 0 Å². The van der Waals surface area contributed by atoms with E-state index in [9.17, 15) is 0 Å². The Hall–Kier alpha value is -1.55. The molecule has 0 spiro atoms. The van der Waals surface area contributed by atoms with Gasteiger partial charge in [0.1, 0.15) is 0 Å². The van der Waals surface area contributed by atoms with Crippen LogP contribution >= 0.6 is 0 Å². The molecule has 134 valence electrons. The van der Waals surface area contributed by atoms with Gasteiger partial charge in [-0.25, -0.2) is 0 Å². The Morgan fingerprint density at radius 2 is 2.00 bits per heavy atom. The van der Waals surface area contributed by atoms with E-state index in [0.29, 0.717) is 12.0 Å². The van der Waals surface area contributed by atoms with Crippen LogP contribution in [0.25, 0.3) is 0 Å². The molecule has 4 nitrogen and oxygen atoms in total. The first-order chi connectivity index (χ1) is 11.6. The lowest BCUT2D eigenvalue weighted by Crippen LogP contribution is -2.46. The van der Waals surface area contributed by atoms with Crippen molar-refractivity contribution in [3.05, 3.63) is 35.4 Å². The third-order valence-corrected chi connectivity index (χ3v) is 5.01. The highest BCUT2D eigenvalue weighted by atomic mass is 15.2. The lowest BCUT2D eigenvalue weighted by atomic mass is 9.97. The maximum Gasteiger partial charge on any atom is 0.191 e. The number of nitrogens with zero attached hydrogens (tertiary/aromatic N) is 2. The first-order valence-corrected chi connectivity index (χ1v) is 9.39. The number of nitrogens with one attached hydrogen (secondary N) is 2. The highest BCUT2D eigenvalue weighted by molar-refractivity contribution is 5.79. The van der Waals surface area contributed by atoms with Crippen LogP contribution in [0, 0.1) is 5.92 Å². The van der Waals surface area contributed by atoms with Crippen molar-refractivity contribution >= 4 is 5.96 Å². The fourth-order valence-corrected chi connectivity index (χ4v) is 3.45. The van der Waals surface area contributed by atoms with Crippen LogP contribution in [0.1, 0.15) is 44.7 Å². The fraction of sp³-hybridized carbons (Fsp3) is 0.650. The molecule has 0 aromatic heterocycles. The van der Waals surface area contributed by atoms with Gasteiger partial charge in [-0.3, -0.25) is 4.99 Å². The second-order valence-corrected chi connectivity index (χ2v) is 7.03. The smallest absolute Gasteiger partial charge is 0.191 e. The van der Waals surface area contributed by atoms with Crippen molar-refractivity contribution in [3.63, 3.8) is 0 Å². The highest BCUT2D eigenvalue weighted by Gasteiger charge is 2.21. The second kappa shape index (κ2) is 9.67. The summed E-state index contributed by atoms with van der Waals surface area (Å²) < 4.78 is 0. The van der Waals surface area contributed by atoms with Crippen LogP contribution in [-0.2, 0) is 13.0 Å². The van der Waals surface area contributed by atoms with Crippen molar-refractivity contribution in [3.8, 4) is 0 Å². The zero-order chi connectivity index (χ0) is 17.4. The minimum atomic E-state index is 0.649. The number of aliphatic imine (C=N–C) groups is 1. The van der Waals surface area contributed by atoms with Gasteiger partial charge in [0.05, 0.1) is 0 Å². The zero-order valence-corrected chi connectivity index (χ0v) is 15.8. The SMILES string of the molecule is CCc1ccccc1CNC(=NC)NCC1CCCN(C(C)C)C1. The molecule has 0 bridgehead atoms. The number of piperidine rings is 1. The van der Waals surface area contributed by atoms with E-state index >= 15 is 0 Å². The molecule has 1 heterocycles. The van der Waals surface area contributed by atoms with Crippen molar-refractivity contribution in [2.45, 2.75) is 52.6 Å². The van der Waals surface area contributed by atoms with Gasteiger partial charge in [0, 0.05) is 32.7 Å². The summed E-state index contributed by atoms with van der Waals surface area (Å²) in [5.74, 6) is 1.62. The van der Waals surface area contributed by atoms with Gasteiger partial charge in [0.2, 0.25) is 0 Å². The van der Waals surface area contributed by atoms with Crippen LogP contribution in [0.5, 0.6) is 0 Å². The monoisotopic (exact) mass is 330 g/mol. The van der Waals surface area contributed by atoms with E-state index in [2.05, 4.69) is 65.6 Å². The maximum absolute atomic E-state index is 4.38. The van der Waals surface area contributed by atoms with Crippen LogP contribution in [0.4, 0.5) is 0 Å². The molecule has 0 aliphatic carbocycles. The summed E-state index contributed by atoms with van der Waals surface area (Å²) >= 11 is 0. The predicted octanol–water partition coefficient (Wildman–Crippen LogP) is 3.03. The fourth-order valence-electron chi connectivity index (χ4n) is 3.45. The number of guanidine groups is 1. The molecule has 24 heavy (non-hydrogen) atoms. The van der Waals surface area contributed by atoms with E-state index in [0.717, 1.165) is 25.5 Å². The molecule has 2 N–H and O–H groups in total. The van der Waals surface area contributed by atoms with Gasteiger partial charge in [-0.15, -0.1) is 0 Å². The van der Waals surface area contributed by atoms with Crippen molar-refractivity contribution in [2.75, 3.05) is 26.7 Å². The summed E-state index contributed by atoms with van der Waals surface area (Å²) in [6.45, 7) is 11.1. The number of rotatable bonds is 6. The molecule has 0 saturated carbocycles. The molecular formula is C20H34N4. The molecule has 1 saturated heterocycles. The molecule has 1 aliphatic rings. The second-order valence-electron chi connectivity index (χ2n) is 7.03. The summed E-state index contributed by atoms with van der Waals surface area (Å²) in [4.78, 5) is 6.96. The lowest BCUT2D eigenvalue weighted by Gasteiger charge is -2.35. The number of aryl methyl sites for hydroxylation is 1. The van der Waals surface area contributed by atoms with Gasteiger partial charge in [-0.1, -0.05) is 31.2 Å². The largest absolute Gasteiger partial charge is 0.356 e. The number of likely N-dealkylation sites (tertiary alicyclic amines) is 1. The maximum atomic E-state index is 4.38. The van der Waals surface area contributed by atoms with Gasteiger partial charge in [0.25, 0.3) is 0 Å². The molecule has 1 unspecified atom stereocenters. The van der Waals surface area contributed by atoms with Gasteiger partial charge in [0.15, 0.2) is 5.96 Å². The van der Waals surface area contributed by atoms with Crippen LogP contribution in [0.15, 0.2) is 29.3 Å². The third kappa shape index (κ3) is 5.52. The Bertz CT molecular complexity index is 524. The molecule has 1 aliphatic heterocycles. The van der Waals surface area contributed by atoms with E-state index in [1.54, 1.807) is 0 Å². The van der Waals surface area contributed by atoms with E-state index in [4.69, 9.17) is 0 Å². The lowest BCUT2D eigenvalue weighted by molar-refractivity contribution is 0.141. The third-order valence-electron chi connectivity index (χ3n) is 5.01. The minimum Gasteiger partial charge on any atom is -0.356 e. The normalized spacial score (nSPS) is 19.5. The van der Waals surface area contributed by atoms with Crippen LogP contribution < -0.4 is 10.6 Å². The molecule has 2 rings (SSSR count). The molecule has 4 heteroatoms. The predicted molar refractivity (Wildman–Crippen MR) is 103 cm³/mol. The molecule has 1 fully saturated rings. The van der Waals surface area contributed by atoms with Crippen LogP contribution in [-0.4, -0.2) is 43.6 Å². The Kier molecular flexibility index (Phi) is 7.57. The van der Waals surface area contributed by atoms with Crippen molar-refractivity contribution < 1.29 is 0 Å². The average molecular weight is 331 g/mol. The molecule has 1 atom stereocenters. The topological polar surface area (TPSA) is 39.7 Å².